The molecular formula is C12H11F6NO4. The minimum Gasteiger partial charge on any atom is -0.491 e. The number of methoxy groups -OCH3 is 1. The number of carbonyl (C=O) groups is 1. The SMILES string of the molecule is CCOC(=O)Cc1cnc(OC(F)(F)F)c(OC)c1C(F)(F)F. The lowest BCUT2D eigenvalue weighted by atomic mass is 10.1. The molecule has 0 aromatic carbocycles. The zero-order valence-electron chi connectivity index (χ0n) is 11.8. The number of hydrogen-bond donors (Lipinski definition) is 0. The quantitative estimate of drug-likeness (QED) is 0.605. The minimum atomic E-state index is -5.26. The Morgan fingerprint density at radius 3 is 2.26 bits per heavy atom. The van der Waals surface area contributed by atoms with E-state index < -0.39 is 47.7 Å². The molecule has 0 saturated carbocycles. The fraction of sp³-hybridized carbons (Fsp3) is 0.500. The summed E-state index contributed by atoms with van der Waals surface area (Å²) in [6.07, 6.45) is -10.7. The second-order valence-electron chi connectivity index (χ2n) is 4.02. The van der Waals surface area contributed by atoms with Gasteiger partial charge < -0.3 is 14.2 Å². The van der Waals surface area contributed by atoms with Gasteiger partial charge in [-0.1, -0.05) is 0 Å². The van der Waals surface area contributed by atoms with Gasteiger partial charge in [0.05, 0.1) is 20.1 Å². The topological polar surface area (TPSA) is 57.7 Å². The van der Waals surface area contributed by atoms with Gasteiger partial charge in [0.2, 0.25) is 0 Å². The normalized spacial score (nSPS) is 12.0. The molecule has 5 nitrogen and oxygen atoms in total. The van der Waals surface area contributed by atoms with Crippen LogP contribution in [0.2, 0.25) is 0 Å². The average molecular weight is 347 g/mol. The molecule has 0 radical (unpaired) electrons. The number of aromatic nitrogens is 1. The van der Waals surface area contributed by atoms with Crippen LogP contribution in [0, 0.1) is 0 Å². The third-order valence-corrected chi connectivity index (χ3v) is 2.42. The van der Waals surface area contributed by atoms with Gasteiger partial charge in [-0.05, 0) is 12.5 Å². The van der Waals surface area contributed by atoms with Gasteiger partial charge in [0.15, 0.2) is 5.75 Å². The molecule has 0 atom stereocenters. The van der Waals surface area contributed by atoms with E-state index in [9.17, 15) is 31.1 Å². The highest BCUT2D eigenvalue weighted by molar-refractivity contribution is 5.73. The van der Waals surface area contributed by atoms with E-state index in [-0.39, 0.29) is 6.61 Å². The summed E-state index contributed by atoms with van der Waals surface area (Å²) in [7, 11) is 0.726. The fourth-order valence-electron chi connectivity index (χ4n) is 1.70. The molecule has 130 valence electrons. The number of nitrogens with zero attached hydrogens (tertiary/aromatic N) is 1. The first kappa shape index (κ1) is 18.8. The van der Waals surface area contributed by atoms with Gasteiger partial charge in [-0.3, -0.25) is 4.79 Å². The summed E-state index contributed by atoms with van der Waals surface area (Å²) in [6.45, 7) is 1.38. The molecule has 23 heavy (non-hydrogen) atoms. The number of halogens is 6. The number of carbonyl (C=O) groups excluding carboxylic acids is 1. The number of rotatable bonds is 5. The standard InChI is InChI=1S/C12H11F6NO4/c1-3-22-7(20)4-6-5-19-10(23-12(16,17)18)9(21-2)8(6)11(13,14)15/h5H,3-4H2,1-2H3. The van der Waals surface area contributed by atoms with E-state index in [1.807, 2.05) is 0 Å². The van der Waals surface area contributed by atoms with Crippen LogP contribution < -0.4 is 9.47 Å². The molecular weight excluding hydrogens is 336 g/mol. The lowest BCUT2D eigenvalue weighted by Gasteiger charge is -2.19. The predicted octanol–water partition coefficient (Wildman–Crippen LogP) is 3.11. The number of pyridine rings is 1. The largest absolute Gasteiger partial charge is 0.574 e. The van der Waals surface area contributed by atoms with Crippen LogP contribution in [-0.4, -0.2) is 31.0 Å². The monoisotopic (exact) mass is 347 g/mol. The van der Waals surface area contributed by atoms with Crippen molar-refractivity contribution >= 4 is 5.97 Å². The van der Waals surface area contributed by atoms with Crippen molar-refractivity contribution < 1.29 is 45.3 Å². The van der Waals surface area contributed by atoms with Crippen molar-refractivity contribution in [1.82, 2.24) is 4.98 Å². The summed E-state index contributed by atoms with van der Waals surface area (Å²) in [4.78, 5) is 14.5. The molecule has 1 heterocycles. The highest BCUT2D eigenvalue weighted by Gasteiger charge is 2.42. The van der Waals surface area contributed by atoms with Crippen LogP contribution in [0.3, 0.4) is 0 Å². The van der Waals surface area contributed by atoms with E-state index in [4.69, 9.17) is 0 Å². The second-order valence-corrected chi connectivity index (χ2v) is 4.02. The molecule has 0 spiro atoms. The fourth-order valence-corrected chi connectivity index (χ4v) is 1.70. The maximum absolute atomic E-state index is 13.1. The molecule has 0 aliphatic carbocycles. The zero-order valence-corrected chi connectivity index (χ0v) is 11.8. The van der Waals surface area contributed by atoms with Crippen molar-refractivity contribution in [1.29, 1.82) is 0 Å². The Morgan fingerprint density at radius 1 is 1.22 bits per heavy atom. The lowest BCUT2D eigenvalue weighted by Crippen LogP contribution is -2.21. The number of ether oxygens (including phenoxy) is 3. The predicted molar refractivity (Wildman–Crippen MR) is 62.8 cm³/mol. The Bertz CT molecular complexity index is 570. The van der Waals surface area contributed by atoms with Crippen molar-refractivity contribution in [2.75, 3.05) is 13.7 Å². The minimum absolute atomic E-state index is 0.0694. The first-order valence-corrected chi connectivity index (χ1v) is 6.04. The van der Waals surface area contributed by atoms with Crippen molar-refractivity contribution in [2.24, 2.45) is 0 Å². The number of alkyl halides is 6. The molecule has 1 rings (SSSR count). The van der Waals surface area contributed by atoms with Crippen LogP contribution in [0.15, 0.2) is 6.20 Å². The Kier molecular flexibility index (Phi) is 5.67. The lowest BCUT2D eigenvalue weighted by molar-refractivity contribution is -0.276. The summed E-state index contributed by atoms with van der Waals surface area (Å²) in [5.41, 5.74) is -2.27. The van der Waals surface area contributed by atoms with Gasteiger partial charge in [-0.15, -0.1) is 13.2 Å². The van der Waals surface area contributed by atoms with Gasteiger partial charge in [-0.25, -0.2) is 4.98 Å². The molecule has 0 bridgehead atoms. The molecule has 11 heteroatoms. The van der Waals surface area contributed by atoms with Gasteiger partial charge in [0.25, 0.3) is 5.88 Å². The van der Waals surface area contributed by atoms with E-state index in [1.165, 1.54) is 6.92 Å². The van der Waals surface area contributed by atoms with Crippen LogP contribution >= 0.6 is 0 Å². The van der Waals surface area contributed by atoms with Crippen molar-refractivity contribution in [3.05, 3.63) is 17.3 Å². The highest BCUT2D eigenvalue weighted by Crippen LogP contribution is 2.44. The third kappa shape index (κ3) is 5.18. The summed E-state index contributed by atoms with van der Waals surface area (Å²) in [5.74, 6) is -3.66. The van der Waals surface area contributed by atoms with Gasteiger partial charge in [-0.2, -0.15) is 13.2 Å². The average Bonchev–Trinajstić information content (AvgIpc) is 2.37. The maximum Gasteiger partial charge on any atom is 0.574 e. The smallest absolute Gasteiger partial charge is 0.491 e. The van der Waals surface area contributed by atoms with Crippen LogP contribution in [0.5, 0.6) is 11.6 Å². The summed E-state index contributed by atoms with van der Waals surface area (Å²) < 4.78 is 88.4. The van der Waals surface area contributed by atoms with Crippen molar-refractivity contribution in [3.8, 4) is 11.6 Å². The van der Waals surface area contributed by atoms with Crippen molar-refractivity contribution in [3.63, 3.8) is 0 Å². The second kappa shape index (κ2) is 6.92. The third-order valence-electron chi connectivity index (χ3n) is 2.42. The highest BCUT2D eigenvalue weighted by atomic mass is 19.4. The van der Waals surface area contributed by atoms with E-state index in [0.717, 1.165) is 7.11 Å². The maximum atomic E-state index is 13.1. The van der Waals surface area contributed by atoms with E-state index in [1.54, 1.807) is 0 Å². The molecule has 0 unspecified atom stereocenters. The molecule has 0 aliphatic rings. The van der Waals surface area contributed by atoms with Gasteiger partial charge in [0.1, 0.15) is 5.56 Å². The van der Waals surface area contributed by atoms with E-state index in [2.05, 4.69) is 19.2 Å². The Labute approximate surface area is 126 Å². The van der Waals surface area contributed by atoms with Gasteiger partial charge in [0, 0.05) is 6.20 Å². The van der Waals surface area contributed by atoms with Crippen LogP contribution in [-0.2, 0) is 22.1 Å². The molecule has 0 aliphatic heterocycles. The molecule has 0 amide bonds. The van der Waals surface area contributed by atoms with Crippen molar-refractivity contribution in [2.45, 2.75) is 25.9 Å². The van der Waals surface area contributed by atoms with Crippen LogP contribution in [0.4, 0.5) is 26.3 Å². The molecule has 1 aromatic heterocycles. The molecule has 0 fully saturated rings. The number of esters is 1. The molecule has 0 saturated heterocycles. The molecule has 0 N–H and O–H groups in total. The van der Waals surface area contributed by atoms with E-state index >= 15 is 0 Å². The molecule has 1 aromatic rings. The van der Waals surface area contributed by atoms with Crippen LogP contribution in [0.1, 0.15) is 18.1 Å². The Morgan fingerprint density at radius 2 is 1.83 bits per heavy atom. The Balaban J connectivity index is 3.40. The Hall–Kier alpha value is -2.20. The van der Waals surface area contributed by atoms with Gasteiger partial charge >= 0.3 is 18.5 Å². The van der Waals surface area contributed by atoms with Crippen LogP contribution in [0.25, 0.3) is 0 Å². The summed E-state index contributed by atoms with van der Waals surface area (Å²) in [6, 6.07) is 0. The number of hydrogen-bond acceptors (Lipinski definition) is 5. The first-order valence-electron chi connectivity index (χ1n) is 6.04. The summed E-state index contributed by atoms with van der Waals surface area (Å²) >= 11 is 0. The zero-order chi connectivity index (χ0) is 17.8. The first-order chi connectivity index (χ1) is 10.5. The summed E-state index contributed by atoms with van der Waals surface area (Å²) in [5, 5.41) is 0. The van der Waals surface area contributed by atoms with E-state index in [0.29, 0.717) is 6.20 Å².